The molecule has 0 heterocycles. The monoisotopic (exact) mass is 152 g/mol. The molecule has 0 unspecified atom stereocenters. The Hall–Kier alpha value is -0.520. The van der Waals surface area contributed by atoms with Crippen LogP contribution in [0.25, 0.3) is 0 Å². The van der Waals surface area contributed by atoms with Gasteiger partial charge in [0.15, 0.2) is 0 Å². The van der Waals surface area contributed by atoms with Crippen LogP contribution in [0.3, 0.4) is 0 Å². The highest BCUT2D eigenvalue weighted by Gasteiger charge is 1.98. The van der Waals surface area contributed by atoms with Crippen molar-refractivity contribution in [3.63, 3.8) is 0 Å². The molecule has 0 aromatic rings. The number of hydrogen-bond donors (Lipinski definition) is 0. The Morgan fingerprint density at radius 1 is 1.00 bits per heavy atom. The lowest BCUT2D eigenvalue weighted by molar-refractivity contribution is 0.760. The van der Waals surface area contributed by atoms with Crippen LogP contribution in [-0.2, 0) is 0 Å². The lowest BCUT2D eigenvalue weighted by atomic mass is 9.99. The van der Waals surface area contributed by atoms with Crippen LogP contribution in [-0.4, -0.2) is 0 Å². The summed E-state index contributed by atoms with van der Waals surface area (Å²) in [6, 6.07) is 0. The highest BCUT2D eigenvalue weighted by molar-refractivity contribution is 5.25. The van der Waals surface area contributed by atoms with Crippen molar-refractivity contribution in [1.29, 1.82) is 0 Å². The first-order valence-electron chi connectivity index (χ1n) is 4.27. The SMILES string of the molecule is CC(C)=C/C(C)=C(\C)C(C)C. The maximum atomic E-state index is 2.25. The van der Waals surface area contributed by atoms with E-state index in [9.17, 15) is 0 Å². The van der Waals surface area contributed by atoms with Crippen molar-refractivity contribution >= 4 is 0 Å². The molecule has 0 radical (unpaired) electrons. The van der Waals surface area contributed by atoms with Crippen molar-refractivity contribution in [2.24, 2.45) is 5.92 Å². The van der Waals surface area contributed by atoms with Gasteiger partial charge in [0.1, 0.15) is 0 Å². The molecule has 0 aliphatic heterocycles. The molecule has 0 amide bonds. The molecule has 0 saturated carbocycles. The van der Waals surface area contributed by atoms with Crippen molar-refractivity contribution in [3.8, 4) is 0 Å². The second-order valence-electron chi connectivity index (χ2n) is 3.74. The van der Waals surface area contributed by atoms with Crippen molar-refractivity contribution in [1.82, 2.24) is 0 Å². The predicted molar refractivity (Wildman–Crippen MR) is 52.6 cm³/mol. The van der Waals surface area contributed by atoms with Crippen LogP contribution in [0, 0.1) is 5.92 Å². The third kappa shape index (κ3) is 4.02. The molecule has 0 fully saturated rings. The first-order valence-corrected chi connectivity index (χ1v) is 4.27. The van der Waals surface area contributed by atoms with Gasteiger partial charge >= 0.3 is 0 Å². The summed E-state index contributed by atoms with van der Waals surface area (Å²) in [7, 11) is 0. The number of rotatable bonds is 2. The van der Waals surface area contributed by atoms with E-state index in [0.29, 0.717) is 5.92 Å². The molecule has 0 rings (SSSR count). The normalized spacial score (nSPS) is 13.0. The van der Waals surface area contributed by atoms with Crippen LogP contribution < -0.4 is 0 Å². The zero-order valence-corrected chi connectivity index (χ0v) is 8.65. The molecule has 11 heavy (non-hydrogen) atoms. The van der Waals surface area contributed by atoms with Gasteiger partial charge in [-0.15, -0.1) is 0 Å². The molecule has 0 bridgehead atoms. The highest BCUT2D eigenvalue weighted by Crippen LogP contribution is 2.15. The van der Waals surface area contributed by atoms with E-state index in [2.05, 4.69) is 47.6 Å². The van der Waals surface area contributed by atoms with Gasteiger partial charge in [-0.3, -0.25) is 0 Å². The van der Waals surface area contributed by atoms with Gasteiger partial charge < -0.3 is 0 Å². The zero-order valence-electron chi connectivity index (χ0n) is 8.65. The van der Waals surface area contributed by atoms with E-state index < -0.39 is 0 Å². The molecular weight excluding hydrogens is 132 g/mol. The van der Waals surface area contributed by atoms with Crippen LogP contribution in [0.15, 0.2) is 22.8 Å². The Bertz CT molecular complexity index is 176. The number of allylic oxidation sites excluding steroid dienone is 4. The molecule has 0 aliphatic rings. The predicted octanol–water partition coefficient (Wildman–Crippen LogP) is 3.95. The van der Waals surface area contributed by atoms with E-state index >= 15 is 0 Å². The summed E-state index contributed by atoms with van der Waals surface area (Å²) in [5.74, 6) is 0.672. The maximum Gasteiger partial charge on any atom is -0.0257 e. The topological polar surface area (TPSA) is 0 Å². The average molecular weight is 152 g/mol. The lowest BCUT2D eigenvalue weighted by Gasteiger charge is -2.07. The van der Waals surface area contributed by atoms with Crippen LogP contribution in [0.4, 0.5) is 0 Å². The van der Waals surface area contributed by atoms with Gasteiger partial charge in [-0.05, 0) is 33.6 Å². The fourth-order valence-electron chi connectivity index (χ4n) is 1.00. The standard InChI is InChI=1S/C11H20/c1-8(2)7-10(5)11(6)9(3)4/h7,9H,1-6H3/b11-10+. The van der Waals surface area contributed by atoms with E-state index in [-0.39, 0.29) is 0 Å². The third-order valence-electron chi connectivity index (χ3n) is 1.99. The van der Waals surface area contributed by atoms with Crippen LogP contribution in [0.2, 0.25) is 0 Å². The summed E-state index contributed by atoms with van der Waals surface area (Å²) in [6.07, 6.45) is 2.25. The van der Waals surface area contributed by atoms with E-state index in [4.69, 9.17) is 0 Å². The van der Waals surface area contributed by atoms with Crippen molar-refractivity contribution in [2.45, 2.75) is 41.5 Å². The van der Waals surface area contributed by atoms with E-state index in [1.54, 1.807) is 0 Å². The molecule has 0 aromatic carbocycles. The molecule has 0 heteroatoms. The summed E-state index contributed by atoms with van der Waals surface area (Å²) in [6.45, 7) is 13.1. The molecule has 64 valence electrons. The van der Waals surface area contributed by atoms with E-state index in [0.717, 1.165) is 0 Å². The first-order chi connectivity index (χ1) is 4.95. The summed E-state index contributed by atoms with van der Waals surface area (Å²) in [5, 5.41) is 0. The van der Waals surface area contributed by atoms with Gasteiger partial charge in [-0.25, -0.2) is 0 Å². The Balaban J connectivity index is 4.54. The van der Waals surface area contributed by atoms with Crippen LogP contribution >= 0.6 is 0 Å². The zero-order chi connectivity index (χ0) is 9.02. The number of hydrogen-bond acceptors (Lipinski definition) is 0. The highest BCUT2D eigenvalue weighted by atomic mass is 14.0. The summed E-state index contributed by atoms with van der Waals surface area (Å²) >= 11 is 0. The average Bonchev–Trinajstić information content (AvgIpc) is 1.84. The smallest absolute Gasteiger partial charge is 0.0257 e. The van der Waals surface area contributed by atoms with E-state index in [1.807, 2.05) is 0 Å². The first kappa shape index (κ1) is 10.5. The van der Waals surface area contributed by atoms with Gasteiger partial charge in [0, 0.05) is 0 Å². The quantitative estimate of drug-likeness (QED) is 0.526. The fourth-order valence-corrected chi connectivity index (χ4v) is 1.00. The second kappa shape index (κ2) is 4.38. The minimum absolute atomic E-state index is 0.672. The minimum Gasteiger partial charge on any atom is -0.0762 e. The van der Waals surface area contributed by atoms with Crippen molar-refractivity contribution in [3.05, 3.63) is 22.8 Å². The minimum atomic E-state index is 0.672. The maximum absolute atomic E-state index is 2.25. The molecule has 0 N–H and O–H groups in total. The second-order valence-corrected chi connectivity index (χ2v) is 3.74. The summed E-state index contributed by atoms with van der Waals surface area (Å²) in [5.41, 5.74) is 4.29. The molecule has 0 nitrogen and oxygen atoms in total. The van der Waals surface area contributed by atoms with Gasteiger partial charge in [-0.2, -0.15) is 0 Å². The van der Waals surface area contributed by atoms with Crippen LogP contribution in [0.1, 0.15) is 41.5 Å². The molecule has 0 spiro atoms. The van der Waals surface area contributed by atoms with Gasteiger partial charge in [0.05, 0.1) is 0 Å². The van der Waals surface area contributed by atoms with Crippen molar-refractivity contribution in [2.75, 3.05) is 0 Å². The largest absolute Gasteiger partial charge is 0.0762 e. The summed E-state index contributed by atoms with van der Waals surface area (Å²) < 4.78 is 0. The van der Waals surface area contributed by atoms with E-state index in [1.165, 1.54) is 16.7 Å². The fraction of sp³-hybridized carbons (Fsp3) is 0.636. The Labute approximate surface area is 71.0 Å². The van der Waals surface area contributed by atoms with Crippen molar-refractivity contribution < 1.29 is 0 Å². The van der Waals surface area contributed by atoms with Crippen LogP contribution in [0.5, 0.6) is 0 Å². The molecular formula is C11H20. The molecule has 0 saturated heterocycles. The Morgan fingerprint density at radius 3 is 1.73 bits per heavy atom. The molecule has 0 aliphatic carbocycles. The van der Waals surface area contributed by atoms with Gasteiger partial charge in [-0.1, -0.05) is 36.6 Å². The molecule has 0 atom stereocenters. The molecule has 0 aromatic heterocycles. The third-order valence-corrected chi connectivity index (χ3v) is 1.99. The summed E-state index contributed by atoms with van der Waals surface area (Å²) in [4.78, 5) is 0. The Morgan fingerprint density at radius 2 is 1.45 bits per heavy atom. The Kier molecular flexibility index (Phi) is 4.17. The van der Waals surface area contributed by atoms with Gasteiger partial charge in [0.2, 0.25) is 0 Å². The van der Waals surface area contributed by atoms with Gasteiger partial charge in [0.25, 0.3) is 0 Å². The lowest BCUT2D eigenvalue weighted by Crippen LogP contribution is -1.91.